The van der Waals surface area contributed by atoms with E-state index in [-0.39, 0.29) is 19.4 Å². The molecule has 5 heteroatoms. The van der Waals surface area contributed by atoms with Gasteiger partial charge in [0.05, 0.1) is 14.2 Å². The van der Waals surface area contributed by atoms with Crippen molar-refractivity contribution in [3.8, 4) is 11.5 Å². The topological polar surface area (TPSA) is 44.5 Å². The van der Waals surface area contributed by atoms with Crippen LogP contribution in [0.15, 0.2) is 12.1 Å². The molecule has 0 bridgehead atoms. The van der Waals surface area contributed by atoms with Crippen LogP contribution < -0.4 is 15.2 Å². The van der Waals surface area contributed by atoms with Crippen LogP contribution in [-0.2, 0) is 5.41 Å². The number of hydrogen-bond acceptors (Lipinski definition) is 3. The summed E-state index contributed by atoms with van der Waals surface area (Å²) >= 11 is 0. The van der Waals surface area contributed by atoms with Crippen molar-refractivity contribution in [1.29, 1.82) is 0 Å². The number of ether oxygens (including phenoxy) is 2. The minimum Gasteiger partial charge on any atom is -0.496 e. The SMILES string of the molecule is COc1cc(C)cc(OC)c1C1(CN)CC(F)(F)C1. The lowest BCUT2D eigenvalue weighted by atomic mass is 9.61. The fourth-order valence-corrected chi connectivity index (χ4v) is 2.93. The van der Waals surface area contributed by atoms with E-state index in [9.17, 15) is 8.78 Å². The molecule has 1 fully saturated rings. The molecule has 3 nitrogen and oxygen atoms in total. The van der Waals surface area contributed by atoms with Gasteiger partial charge in [-0.2, -0.15) is 0 Å². The van der Waals surface area contributed by atoms with Gasteiger partial charge in [0.1, 0.15) is 11.5 Å². The van der Waals surface area contributed by atoms with Crippen molar-refractivity contribution >= 4 is 0 Å². The molecule has 0 radical (unpaired) electrons. The standard InChI is InChI=1S/C14H19F2NO2/c1-9-4-10(18-2)12(11(5-9)19-3)13(8-17)6-14(15,16)7-13/h4-5H,6-8,17H2,1-3H3. The number of rotatable bonds is 4. The molecular formula is C14H19F2NO2. The molecule has 0 aromatic heterocycles. The summed E-state index contributed by atoms with van der Waals surface area (Å²) in [6, 6.07) is 3.65. The molecule has 1 aliphatic carbocycles. The number of halogens is 2. The summed E-state index contributed by atoms with van der Waals surface area (Å²) in [5.74, 6) is -1.52. The van der Waals surface area contributed by atoms with Crippen molar-refractivity contribution in [3.05, 3.63) is 23.3 Å². The minimum absolute atomic E-state index is 0.151. The highest BCUT2D eigenvalue weighted by Crippen LogP contribution is 2.57. The predicted molar refractivity (Wildman–Crippen MR) is 69.2 cm³/mol. The zero-order valence-corrected chi connectivity index (χ0v) is 11.4. The Morgan fingerprint density at radius 1 is 1.16 bits per heavy atom. The Morgan fingerprint density at radius 2 is 1.63 bits per heavy atom. The molecule has 0 heterocycles. The second-order valence-electron chi connectivity index (χ2n) is 5.24. The Kier molecular flexibility index (Phi) is 3.43. The third-order valence-corrected chi connectivity index (χ3v) is 3.77. The van der Waals surface area contributed by atoms with Crippen LogP contribution >= 0.6 is 0 Å². The van der Waals surface area contributed by atoms with Gasteiger partial charge in [0.25, 0.3) is 0 Å². The largest absolute Gasteiger partial charge is 0.496 e. The number of alkyl halides is 2. The van der Waals surface area contributed by atoms with Crippen LogP contribution in [-0.4, -0.2) is 26.7 Å². The van der Waals surface area contributed by atoms with Crippen molar-refractivity contribution in [2.24, 2.45) is 5.73 Å². The first kappa shape index (κ1) is 14.1. The zero-order valence-electron chi connectivity index (χ0n) is 11.4. The van der Waals surface area contributed by atoms with Crippen molar-refractivity contribution in [2.45, 2.75) is 31.1 Å². The van der Waals surface area contributed by atoms with E-state index in [1.165, 1.54) is 14.2 Å². The number of hydrogen-bond donors (Lipinski definition) is 1. The summed E-state index contributed by atoms with van der Waals surface area (Å²) in [5.41, 5.74) is 6.62. The Morgan fingerprint density at radius 3 is 1.95 bits per heavy atom. The van der Waals surface area contributed by atoms with Crippen LogP contribution in [0.2, 0.25) is 0 Å². The van der Waals surface area contributed by atoms with E-state index in [0.29, 0.717) is 17.1 Å². The van der Waals surface area contributed by atoms with Gasteiger partial charge in [0.15, 0.2) is 0 Å². The summed E-state index contributed by atoms with van der Waals surface area (Å²) in [7, 11) is 3.05. The van der Waals surface area contributed by atoms with Crippen LogP contribution in [0.5, 0.6) is 11.5 Å². The number of benzene rings is 1. The van der Waals surface area contributed by atoms with Gasteiger partial charge >= 0.3 is 0 Å². The fraction of sp³-hybridized carbons (Fsp3) is 0.571. The van der Waals surface area contributed by atoms with Crippen LogP contribution in [0.1, 0.15) is 24.0 Å². The van der Waals surface area contributed by atoms with Gasteiger partial charge in [-0.15, -0.1) is 0 Å². The first-order chi connectivity index (χ1) is 8.87. The average molecular weight is 271 g/mol. The predicted octanol–water partition coefficient (Wildman–Crippen LogP) is 2.64. The smallest absolute Gasteiger partial charge is 0.250 e. The lowest BCUT2D eigenvalue weighted by Crippen LogP contribution is -2.54. The maximum atomic E-state index is 13.3. The van der Waals surface area contributed by atoms with Gasteiger partial charge in [-0.3, -0.25) is 0 Å². The molecule has 0 saturated heterocycles. The maximum absolute atomic E-state index is 13.3. The quantitative estimate of drug-likeness (QED) is 0.915. The van der Waals surface area contributed by atoms with Crippen LogP contribution in [0.4, 0.5) is 8.78 Å². The molecular weight excluding hydrogens is 252 g/mol. The third-order valence-electron chi connectivity index (χ3n) is 3.77. The van der Waals surface area contributed by atoms with Gasteiger partial charge in [0.2, 0.25) is 5.92 Å². The zero-order chi connectivity index (χ0) is 14.3. The highest BCUT2D eigenvalue weighted by molar-refractivity contribution is 5.54. The Bertz CT molecular complexity index is 455. The van der Waals surface area contributed by atoms with E-state index in [4.69, 9.17) is 15.2 Å². The van der Waals surface area contributed by atoms with Gasteiger partial charge in [-0.05, 0) is 24.6 Å². The van der Waals surface area contributed by atoms with Crippen molar-refractivity contribution in [1.82, 2.24) is 0 Å². The molecule has 1 aromatic rings. The highest BCUT2D eigenvalue weighted by Gasteiger charge is 2.58. The van der Waals surface area contributed by atoms with Crippen molar-refractivity contribution < 1.29 is 18.3 Å². The molecule has 0 atom stereocenters. The first-order valence-electron chi connectivity index (χ1n) is 6.18. The Hall–Kier alpha value is -1.36. The summed E-state index contributed by atoms with van der Waals surface area (Å²) in [6.45, 7) is 2.05. The summed E-state index contributed by atoms with van der Waals surface area (Å²) in [4.78, 5) is 0. The molecule has 1 saturated carbocycles. The number of nitrogens with two attached hydrogens (primary N) is 1. The maximum Gasteiger partial charge on any atom is 0.250 e. The number of methoxy groups -OCH3 is 2. The van der Waals surface area contributed by atoms with Gasteiger partial charge in [-0.1, -0.05) is 0 Å². The normalized spacial score (nSPS) is 19.7. The van der Waals surface area contributed by atoms with Gasteiger partial charge < -0.3 is 15.2 Å². The molecule has 0 spiro atoms. The molecule has 19 heavy (non-hydrogen) atoms. The van der Waals surface area contributed by atoms with E-state index >= 15 is 0 Å². The van der Waals surface area contributed by atoms with E-state index in [1.807, 2.05) is 19.1 Å². The molecule has 0 amide bonds. The van der Waals surface area contributed by atoms with Crippen LogP contribution in [0.25, 0.3) is 0 Å². The average Bonchev–Trinajstić information content (AvgIpc) is 2.34. The number of aryl methyl sites for hydroxylation is 1. The molecule has 0 aliphatic heterocycles. The summed E-state index contributed by atoms with van der Waals surface area (Å²) in [6.07, 6.45) is -0.515. The lowest BCUT2D eigenvalue weighted by Gasteiger charge is -2.47. The van der Waals surface area contributed by atoms with E-state index in [2.05, 4.69) is 0 Å². The monoisotopic (exact) mass is 271 g/mol. The second-order valence-corrected chi connectivity index (χ2v) is 5.24. The molecule has 0 unspecified atom stereocenters. The highest BCUT2D eigenvalue weighted by atomic mass is 19.3. The molecule has 1 aromatic carbocycles. The van der Waals surface area contributed by atoms with Gasteiger partial charge in [0, 0.05) is 30.4 Å². The third kappa shape index (κ3) is 2.27. The van der Waals surface area contributed by atoms with Gasteiger partial charge in [-0.25, -0.2) is 8.78 Å². The van der Waals surface area contributed by atoms with Crippen LogP contribution in [0, 0.1) is 6.92 Å². The fourth-order valence-electron chi connectivity index (χ4n) is 2.93. The molecule has 2 rings (SSSR count). The molecule has 1 aliphatic rings. The second kappa shape index (κ2) is 4.63. The lowest BCUT2D eigenvalue weighted by molar-refractivity contribution is -0.124. The van der Waals surface area contributed by atoms with Crippen LogP contribution in [0.3, 0.4) is 0 Å². The summed E-state index contributed by atoms with van der Waals surface area (Å²) < 4.78 is 37.3. The van der Waals surface area contributed by atoms with E-state index < -0.39 is 11.3 Å². The molecule has 2 N–H and O–H groups in total. The Labute approximate surface area is 111 Å². The van der Waals surface area contributed by atoms with Crippen molar-refractivity contribution in [3.63, 3.8) is 0 Å². The minimum atomic E-state index is -2.65. The first-order valence-corrected chi connectivity index (χ1v) is 6.18. The van der Waals surface area contributed by atoms with E-state index in [1.54, 1.807) is 0 Å². The Balaban J connectivity index is 2.54. The summed E-state index contributed by atoms with van der Waals surface area (Å²) in [5, 5.41) is 0. The van der Waals surface area contributed by atoms with Crippen molar-refractivity contribution in [2.75, 3.05) is 20.8 Å². The molecule has 106 valence electrons. The van der Waals surface area contributed by atoms with E-state index in [0.717, 1.165) is 5.56 Å².